The first-order valence-corrected chi connectivity index (χ1v) is 7.25. The summed E-state index contributed by atoms with van der Waals surface area (Å²) in [6.07, 6.45) is 5.11. The fourth-order valence-electron chi connectivity index (χ4n) is 3.15. The van der Waals surface area contributed by atoms with Gasteiger partial charge >= 0.3 is 0 Å². The molecule has 0 spiro atoms. The molecule has 2 rings (SSSR count). The van der Waals surface area contributed by atoms with Gasteiger partial charge in [0.2, 0.25) is 0 Å². The van der Waals surface area contributed by atoms with Gasteiger partial charge in [0, 0.05) is 25.8 Å². The summed E-state index contributed by atoms with van der Waals surface area (Å²) in [5, 5.41) is 3.57. The molecule has 2 heterocycles. The van der Waals surface area contributed by atoms with E-state index in [0.29, 0.717) is 5.41 Å². The largest absolute Gasteiger partial charge is 0.381 e. The SMILES string of the molecule is CCNC1CCN(CC2(C)CCOCC2)CC1. The van der Waals surface area contributed by atoms with Gasteiger partial charge in [-0.05, 0) is 50.7 Å². The third-order valence-corrected chi connectivity index (χ3v) is 4.39. The van der Waals surface area contributed by atoms with Crippen molar-refractivity contribution in [2.24, 2.45) is 5.41 Å². The van der Waals surface area contributed by atoms with Gasteiger partial charge in [-0.15, -0.1) is 0 Å². The summed E-state index contributed by atoms with van der Waals surface area (Å²) in [4.78, 5) is 2.67. The van der Waals surface area contributed by atoms with Crippen LogP contribution in [0.15, 0.2) is 0 Å². The summed E-state index contributed by atoms with van der Waals surface area (Å²) in [6, 6.07) is 0.763. The van der Waals surface area contributed by atoms with E-state index in [1.165, 1.54) is 45.3 Å². The highest BCUT2D eigenvalue weighted by Crippen LogP contribution is 2.31. The van der Waals surface area contributed by atoms with E-state index >= 15 is 0 Å². The highest BCUT2D eigenvalue weighted by molar-refractivity contribution is 4.84. The van der Waals surface area contributed by atoms with Crippen LogP contribution in [-0.4, -0.2) is 50.3 Å². The van der Waals surface area contributed by atoms with Crippen LogP contribution in [0.25, 0.3) is 0 Å². The summed E-state index contributed by atoms with van der Waals surface area (Å²) < 4.78 is 5.47. The van der Waals surface area contributed by atoms with Crippen molar-refractivity contribution >= 4 is 0 Å². The number of rotatable bonds is 4. The van der Waals surface area contributed by atoms with Gasteiger partial charge in [-0.1, -0.05) is 13.8 Å². The van der Waals surface area contributed by atoms with Crippen molar-refractivity contribution in [2.75, 3.05) is 39.4 Å². The van der Waals surface area contributed by atoms with Crippen LogP contribution in [0.5, 0.6) is 0 Å². The number of likely N-dealkylation sites (tertiary alicyclic amines) is 1. The van der Waals surface area contributed by atoms with Gasteiger partial charge in [-0.2, -0.15) is 0 Å². The highest BCUT2D eigenvalue weighted by Gasteiger charge is 2.30. The van der Waals surface area contributed by atoms with Crippen LogP contribution in [0, 0.1) is 5.41 Å². The molecule has 2 fully saturated rings. The Morgan fingerprint density at radius 1 is 1.24 bits per heavy atom. The lowest BCUT2D eigenvalue weighted by molar-refractivity contribution is 0.000814. The minimum atomic E-state index is 0.503. The molecule has 0 aromatic rings. The molecule has 0 radical (unpaired) electrons. The van der Waals surface area contributed by atoms with Crippen LogP contribution < -0.4 is 5.32 Å². The van der Waals surface area contributed by atoms with E-state index in [9.17, 15) is 0 Å². The van der Waals surface area contributed by atoms with E-state index in [1.807, 2.05) is 0 Å². The van der Waals surface area contributed by atoms with Crippen molar-refractivity contribution in [3.63, 3.8) is 0 Å². The Morgan fingerprint density at radius 3 is 2.47 bits per heavy atom. The summed E-state index contributed by atoms with van der Waals surface area (Å²) in [7, 11) is 0. The standard InChI is InChI=1S/C14H28N2O/c1-3-15-13-4-8-16(9-5-13)12-14(2)6-10-17-11-7-14/h13,15H,3-12H2,1-2H3. The molecule has 2 saturated heterocycles. The van der Waals surface area contributed by atoms with Crippen LogP contribution in [0.2, 0.25) is 0 Å². The quantitative estimate of drug-likeness (QED) is 0.812. The molecule has 0 unspecified atom stereocenters. The molecule has 2 aliphatic heterocycles. The third-order valence-electron chi connectivity index (χ3n) is 4.39. The number of nitrogens with zero attached hydrogens (tertiary/aromatic N) is 1. The maximum absolute atomic E-state index is 5.47. The zero-order valence-corrected chi connectivity index (χ0v) is 11.5. The van der Waals surface area contributed by atoms with Crippen LogP contribution in [0.4, 0.5) is 0 Å². The highest BCUT2D eigenvalue weighted by atomic mass is 16.5. The Balaban J connectivity index is 1.73. The van der Waals surface area contributed by atoms with Crippen molar-refractivity contribution in [1.29, 1.82) is 0 Å². The van der Waals surface area contributed by atoms with E-state index in [2.05, 4.69) is 24.1 Å². The maximum Gasteiger partial charge on any atom is 0.0471 e. The molecule has 0 aliphatic carbocycles. The molecule has 3 heteroatoms. The zero-order chi connectivity index (χ0) is 12.1. The lowest BCUT2D eigenvalue weighted by atomic mass is 9.81. The van der Waals surface area contributed by atoms with Crippen molar-refractivity contribution in [3.8, 4) is 0 Å². The van der Waals surface area contributed by atoms with Crippen LogP contribution in [-0.2, 0) is 4.74 Å². The Hall–Kier alpha value is -0.120. The smallest absolute Gasteiger partial charge is 0.0471 e. The average molecular weight is 240 g/mol. The predicted octanol–water partition coefficient (Wildman–Crippen LogP) is 1.88. The first kappa shape index (κ1) is 13.3. The Morgan fingerprint density at radius 2 is 1.88 bits per heavy atom. The van der Waals surface area contributed by atoms with Gasteiger partial charge < -0.3 is 15.0 Å². The van der Waals surface area contributed by atoms with E-state index in [1.54, 1.807) is 0 Å². The Kier molecular flexibility index (Phi) is 4.83. The molecule has 1 N–H and O–H groups in total. The molecule has 0 saturated carbocycles. The van der Waals surface area contributed by atoms with Gasteiger partial charge in [0.05, 0.1) is 0 Å². The van der Waals surface area contributed by atoms with Gasteiger partial charge in [0.25, 0.3) is 0 Å². The first-order chi connectivity index (χ1) is 8.22. The molecule has 17 heavy (non-hydrogen) atoms. The minimum absolute atomic E-state index is 0.503. The average Bonchev–Trinajstić information content (AvgIpc) is 2.33. The third kappa shape index (κ3) is 3.94. The lowest BCUT2D eigenvalue weighted by Gasteiger charge is -2.41. The van der Waals surface area contributed by atoms with Crippen molar-refractivity contribution in [3.05, 3.63) is 0 Å². The molecule has 0 bridgehead atoms. The lowest BCUT2D eigenvalue weighted by Crippen LogP contribution is -2.47. The second-order valence-electron chi connectivity index (χ2n) is 6.03. The summed E-state index contributed by atoms with van der Waals surface area (Å²) in [5.41, 5.74) is 0.503. The predicted molar refractivity (Wildman–Crippen MR) is 71.3 cm³/mol. The van der Waals surface area contributed by atoms with Gasteiger partial charge in [-0.3, -0.25) is 0 Å². The van der Waals surface area contributed by atoms with Crippen molar-refractivity contribution < 1.29 is 4.74 Å². The van der Waals surface area contributed by atoms with Gasteiger partial charge in [-0.25, -0.2) is 0 Å². The van der Waals surface area contributed by atoms with Crippen LogP contribution in [0.1, 0.15) is 39.5 Å². The number of hydrogen-bond donors (Lipinski definition) is 1. The second kappa shape index (κ2) is 6.17. The molecule has 0 aromatic carbocycles. The van der Waals surface area contributed by atoms with Gasteiger partial charge in [0.15, 0.2) is 0 Å². The topological polar surface area (TPSA) is 24.5 Å². The van der Waals surface area contributed by atoms with Gasteiger partial charge in [0.1, 0.15) is 0 Å². The molecular weight excluding hydrogens is 212 g/mol. The number of hydrogen-bond acceptors (Lipinski definition) is 3. The first-order valence-electron chi connectivity index (χ1n) is 7.25. The normalized spacial score (nSPS) is 27.2. The fourth-order valence-corrected chi connectivity index (χ4v) is 3.15. The van der Waals surface area contributed by atoms with E-state index in [4.69, 9.17) is 4.74 Å². The number of ether oxygens (including phenoxy) is 1. The Bertz CT molecular complexity index is 218. The van der Waals surface area contributed by atoms with Crippen LogP contribution in [0.3, 0.4) is 0 Å². The molecular formula is C14H28N2O. The maximum atomic E-state index is 5.47. The second-order valence-corrected chi connectivity index (χ2v) is 6.03. The van der Waals surface area contributed by atoms with E-state index in [-0.39, 0.29) is 0 Å². The molecule has 0 atom stereocenters. The zero-order valence-electron chi connectivity index (χ0n) is 11.5. The summed E-state index contributed by atoms with van der Waals surface area (Å²) in [6.45, 7) is 11.5. The summed E-state index contributed by atoms with van der Waals surface area (Å²) in [5.74, 6) is 0. The molecule has 2 aliphatic rings. The van der Waals surface area contributed by atoms with Crippen molar-refractivity contribution in [1.82, 2.24) is 10.2 Å². The Labute approximate surface area is 106 Å². The molecule has 100 valence electrons. The minimum Gasteiger partial charge on any atom is -0.381 e. The monoisotopic (exact) mass is 240 g/mol. The van der Waals surface area contributed by atoms with E-state index < -0.39 is 0 Å². The number of piperidine rings is 1. The molecule has 3 nitrogen and oxygen atoms in total. The molecule has 0 amide bonds. The van der Waals surface area contributed by atoms with E-state index in [0.717, 1.165) is 25.8 Å². The molecule has 0 aromatic heterocycles. The number of nitrogens with one attached hydrogen (secondary N) is 1. The van der Waals surface area contributed by atoms with Crippen molar-refractivity contribution in [2.45, 2.75) is 45.6 Å². The summed E-state index contributed by atoms with van der Waals surface area (Å²) >= 11 is 0. The van der Waals surface area contributed by atoms with Crippen LogP contribution >= 0.6 is 0 Å². The fraction of sp³-hybridized carbons (Fsp3) is 1.00.